The second kappa shape index (κ2) is 5.57. The van der Waals surface area contributed by atoms with Gasteiger partial charge in [0, 0.05) is 31.2 Å². The van der Waals surface area contributed by atoms with Gasteiger partial charge < -0.3 is 5.32 Å². The van der Waals surface area contributed by atoms with Crippen molar-refractivity contribution in [1.29, 1.82) is 0 Å². The first-order valence-electron chi connectivity index (χ1n) is 6.38. The number of piperazine rings is 1. The lowest BCUT2D eigenvalue weighted by molar-refractivity contribution is -0.143. The fraction of sp³-hybridized carbons (Fsp3) is 1.00. The maximum atomic E-state index is 12.3. The van der Waals surface area contributed by atoms with Crippen LogP contribution in [0, 0.1) is 0 Å². The number of hydrogen-bond acceptors (Lipinski definition) is 2. The minimum Gasteiger partial charge on any atom is -0.311 e. The molecule has 0 saturated carbocycles. The van der Waals surface area contributed by atoms with E-state index in [2.05, 4.69) is 19.2 Å². The van der Waals surface area contributed by atoms with Gasteiger partial charge in [-0.25, -0.2) is 0 Å². The van der Waals surface area contributed by atoms with Crippen LogP contribution in [0.25, 0.3) is 0 Å². The Morgan fingerprint density at radius 2 is 1.88 bits per heavy atom. The lowest BCUT2D eigenvalue weighted by atomic mass is 9.87. The first-order valence-corrected chi connectivity index (χ1v) is 6.38. The lowest BCUT2D eigenvalue weighted by Crippen LogP contribution is -2.63. The van der Waals surface area contributed by atoms with Crippen molar-refractivity contribution in [2.45, 2.75) is 57.8 Å². The highest BCUT2D eigenvalue weighted by Gasteiger charge is 2.39. The van der Waals surface area contributed by atoms with E-state index in [1.807, 2.05) is 11.8 Å². The summed E-state index contributed by atoms with van der Waals surface area (Å²) in [4.78, 5) is 2.03. The van der Waals surface area contributed by atoms with Crippen molar-refractivity contribution in [1.82, 2.24) is 10.2 Å². The highest BCUT2D eigenvalue weighted by Crippen LogP contribution is 2.29. The Balaban J connectivity index is 2.68. The van der Waals surface area contributed by atoms with Crippen molar-refractivity contribution in [3.8, 4) is 0 Å². The Labute approximate surface area is 102 Å². The van der Waals surface area contributed by atoms with Crippen molar-refractivity contribution in [2.75, 3.05) is 19.6 Å². The Hall–Kier alpha value is -0.290. The van der Waals surface area contributed by atoms with E-state index in [9.17, 15) is 13.2 Å². The number of halogens is 3. The number of nitrogens with one attached hydrogen (secondary N) is 1. The Bertz CT molecular complexity index is 236. The summed E-state index contributed by atoms with van der Waals surface area (Å²) in [5, 5.41) is 3.38. The number of alkyl halides is 3. The van der Waals surface area contributed by atoms with Gasteiger partial charge >= 0.3 is 6.18 Å². The summed E-state index contributed by atoms with van der Waals surface area (Å²) in [5.74, 6) is 0. The van der Waals surface area contributed by atoms with Gasteiger partial charge in [0.25, 0.3) is 0 Å². The third-order valence-electron chi connectivity index (χ3n) is 3.93. The maximum Gasteiger partial charge on any atom is 0.390 e. The Kier molecular flexibility index (Phi) is 4.84. The first-order chi connectivity index (χ1) is 7.83. The Morgan fingerprint density at radius 1 is 1.29 bits per heavy atom. The fourth-order valence-electron chi connectivity index (χ4n) is 2.60. The zero-order valence-electron chi connectivity index (χ0n) is 10.9. The van der Waals surface area contributed by atoms with Gasteiger partial charge in [0.1, 0.15) is 0 Å². The van der Waals surface area contributed by atoms with Crippen molar-refractivity contribution in [3.63, 3.8) is 0 Å². The topological polar surface area (TPSA) is 15.3 Å². The molecule has 0 amide bonds. The van der Waals surface area contributed by atoms with Crippen LogP contribution in [-0.4, -0.2) is 42.3 Å². The lowest BCUT2D eigenvalue weighted by Gasteiger charge is -2.49. The fourth-order valence-corrected chi connectivity index (χ4v) is 2.60. The van der Waals surface area contributed by atoms with E-state index >= 15 is 0 Å². The molecule has 17 heavy (non-hydrogen) atoms. The van der Waals surface area contributed by atoms with Crippen molar-refractivity contribution in [3.05, 3.63) is 0 Å². The van der Waals surface area contributed by atoms with Gasteiger partial charge in [-0.05, 0) is 19.8 Å². The predicted molar refractivity (Wildman–Crippen MR) is 63.0 cm³/mol. The van der Waals surface area contributed by atoms with E-state index in [1.165, 1.54) is 0 Å². The molecule has 0 aromatic heterocycles. The number of nitrogens with zero attached hydrogens (tertiary/aromatic N) is 1. The highest BCUT2D eigenvalue weighted by molar-refractivity contribution is 4.96. The molecule has 1 saturated heterocycles. The molecular weight excluding hydrogens is 229 g/mol. The van der Waals surface area contributed by atoms with Crippen LogP contribution in [-0.2, 0) is 0 Å². The molecule has 0 aliphatic carbocycles. The zero-order valence-corrected chi connectivity index (χ0v) is 10.9. The van der Waals surface area contributed by atoms with Gasteiger partial charge in [-0.2, -0.15) is 13.2 Å². The molecule has 1 atom stereocenters. The van der Waals surface area contributed by atoms with E-state index in [4.69, 9.17) is 0 Å². The third-order valence-corrected chi connectivity index (χ3v) is 3.93. The molecule has 1 fully saturated rings. The minimum atomic E-state index is -4.05. The zero-order chi connectivity index (χ0) is 13.1. The summed E-state index contributed by atoms with van der Waals surface area (Å²) in [6.07, 6.45) is -2.98. The summed E-state index contributed by atoms with van der Waals surface area (Å²) in [6.45, 7) is 7.76. The molecule has 0 spiro atoms. The van der Waals surface area contributed by atoms with Crippen molar-refractivity contribution < 1.29 is 13.2 Å². The van der Waals surface area contributed by atoms with E-state index in [1.54, 1.807) is 0 Å². The van der Waals surface area contributed by atoms with E-state index in [0.29, 0.717) is 6.54 Å². The summed E-state index contributed by atoms with van der Waals surface area (Å²) < 4.78 is 37.0. The molecule has 5 heteroatoms. The molecule has 1 aliphatic rings. The molecular formula is C12H23F3N2. The summed E-state index contributed by atoms with van der Waals surface area (Å²) in [7, 11) is 0. The summed E-state index contributed by atoms with van der Waals surface area (Å²) in [6, 6.07) is 0.273. The predicted octanol–water partition coefficient (Wildman–Crippen LogP) is 2.79. The van der Waals surface area contributed by atoms with Gasteiger partial charge in [-0.15, -0.1) is 0 Å². The van der Waals surface area contributed by atoms with E-state index in [-0.39, 0.29) is 18.1 Å². The highest BCUT2D eigenvalue weighted by atomic mass is 19.4. The van der Waals surface area contributed by atoms with Crippen LogP contribution in [0.15, 0.2) is 0 Å². The van der Waals surface area contributed by atoms with Crippen molar-refractivity contribution >= 4 is 0 Å². The summed E-state index contributed by atoms with van der Waals surface area (Å²) >= 11 is 0. The Morgan fingerprint density at radius 3 is 2.35 bits per heavy atom. The molecule has 1 N–H and O–H groups in total. The molecule has 2 nitrogen and oxygen atoms in total. The van der Waals surface area contributed by atoms with Crippen LogP contribution in [0.1, 0.15) is 40.0 Å². The van der Waals surface area contributed by atoms with Gasteiger partial charge in [0.15, 0.2) is 0 Å². The minimum absolute atomic E-state index is 0.0994. The van der Waals surface area contributed by atoms with Gasteiger partial charge in [-0.1, -0.05) is 13.8 Å². The standard InChI is InChI=1S/C12H23F3N2/c1-4-11(5-2)9-16-10(3)8-17(11)7-6-12(13,14)15/h10,16H,4-9H2,1-3H3. The maximum absolute atomic E-state index is 12.3. The molecule has 0 radical (unpaired) electrons. The van der Waals surface area contributed by atoms with Crippen LogP contribution in [0.3, 0.4) is 0 Å². The van der Waals surface area contributed by atoms with E-state index in [0.717, 1.165) is 19.4 Å². The quantitative estimate of drug-likeness (QED) is 0.827. The van der Waals surface area contributed by atoms with Crippen LogP contribution in [0.2, 0.25) is 0 Å². The number of hydrogen-bond donors (Lipinski definition) is 1. The largest absolute Gasteiger partial charge is 0.390 e. The molecule has 102 valence electrons. The van der Waals surface area contributed by atoms with Crippen molar-refractivity contribution in [2.24, 2.45) is 0 Å². The third kappa shape index (κ3) is 3.85. The average molecular weight is 252 g/mol. The molecule has 1 rings (SSSR count). The van der Waals surface area contributed by atoms with Crippen LogP contribution >= 0.6 is 0 Å². The van der Waals surface area contributed by atoms with Crippen LogP contribution in [0.5, 0.6) is 0 Å². The molecule has 1 heterocycles. The molecule has 0 aromatic rings. The van der Waals surface area contributed by atoms with Crippen LogP contribution in [0.4, 0.5) is 13.2 Å². The van der Waals surface area contributed by atoms with Gasteiger partial charge in [-0.3, -0.25) is 4.90 Å². The van der Waals surface area contributed by atoms with Crippen LogP contribution < -0.4 is 5.32 Å². The van der Waals surface area contributed by atoms with Gasteiger partial charge in [0.05, 0.1) is 6.42 Å². The smallest absolute Gasteiger partial charge is 0.311 e. The normalized spacial score (nSPS) is 26.1. The SMILES string of the molecule is CCC1(CC)CNC(C)CN1CCC(F)(F)F. The second-order valence-corrected chi connectivity index (χ2v) is 5.02. The second-order valence-electron chi connectivity index (χ2n) is 5.02. The molecule has 0 aromatic carbocycles. The molecule has 1 unspecified atom stereocenters. The van der Waals surface area contributed by atoms with Gasteiger partial charge in [0.2, 0.25) is 0 Å². The number of rotatable bonds is 4. The summed E-state index contributed by atoms with van der Waals surface area (Å²) in [5.41, 5.74) is -0.0994. The monoisotopic (exact) mass is 252 g/mol. The molecule has 1 aliphatic heterocycles. The first kappa shape index (κ1) is 14.8. The average Bonchev–Trinajstić information content (AvgIpc) is 2.26. The van der Waals surface area contributed by atoms with E-state index < -0.39 is 12.6 Å². The molecule has 0 bridgehead atoms.